The predicted molar refractivity (Wildman–Crippen MR) is 122 cm³/mol. The van der Waals surface area contributed by atoms with Crippen LogP contribution in [0.1, 0.15) is 30.6 Å². The molecule has 3 rings (SSSR count). The highest BCUT2D eigenvalue weighted by Crippen LogP contribution is 2.25. The van der Waals surface area contributed by atoms with Crippen molar-refractivity contribution in [2.24, 2.45) is 0 Å². The zero-order valence-corrected chi connectivity index (χ0v) is 17.8. The van der Waals surface area contributed by atoms with Crippen LogP contribution in [0.2, 0.25) is 0 Å². The standard InChI is InChI=1S/C24H28N2O3S/c27-24(26-28)14-3-1-2-8-19(16-25-17-21-11-7-15-30-21)18-29-23-13-6-10-20-9-4-5-12-22(20)23/h4-13,15,25,28H,1-3,14,16-18H2,(H,26,27). The van der Waals surface area contributed by atoms with Crippen molar-refractivity contribution in [2.75, 3.05) is 13.2 Å². The summed E-state index contributed by atoms with van der Waals surface area (Å²) in [6.07, 6.45) is 5.03. The number of ether oxygens (including phenoxy) is 1. The van der Waals surface area contributed by atoms with Gasteiger partial charge in [-0.25, -0.2) is 5.48 Å². The van der Waals surface area contributed by atoms with Crippen LogP contribution >= 0.6 is 11.3 Å². The summed E-state index contributed by atoms with van der Waals surface area (Å²) in [5.41, 5.74) is 2.86. The molecule has 5 nitrogen and oxygen atoms in total. The maximum atomic E-state index is 11.1. The van der Waals surface area contributed by atoms with E-state index in [0.29, 0.717) is 13.0 Å². The highest BCUT2D eigenvalue weighted by atomic mass is 32.1. The number of amides is 1. The Morgan fingerprint density at radius 3 is 2.77 bits per heavy atom. The number of hydroxylamine groups is 1. The first-order valence-electron chi connectivity index (χ1n) is 10.2. The molecule has 0 saturated carbocycles. The largest absolute Gasteiger partial charge is 0.489 e. The molecule has 1 amide bonds. The Balaban J connectivity index is 1.57. The Labute approximate surface area is 181 Å². The molecular formula is C24H28N2O3S. The van der Waals surface area contributed by atoms with Gasteiger partial charge in [-0.3, -0.25) is 10.0 Å². The minimum Gasteiger partial charge on any atom is -0.489 e. The van der Waals surface area contributed by atoms with Gasteiger partial charge in [-0.05, 0) is 47.7 Å². The molecule has 0 fully saturated rings. The summed E-state index contributed by atoms with van der Waals surface area (Å²) < 4.78 is 6.18. The maximum absolute atomic E-state index is 11.1. The molecule has 0 aliphatic rings. The molecule has 3 aromatic rings. The maximum Gasteiger partial charge on any atom is 0.243 e. The number of benzene rings is 2. The molecule has 3 N–H and O–H groups in total. The van der Waals surface area contributed by atoms with Gasteiger partial charge in [0, 0.05) is 29.8 Å². The van der Waals surface area contributed by atoms with E-state index < -0.39 is 0 Å². The van der Waals surface area contributed by atoms with Gasteiger partial charge in [0.15, 0.2) is 0 Å². The van der Waals surface area contributed by atoms with Crippen LogP contribution in [-0.2, 0) is 11.3 Å². The van der Waals surface area contributed by atoms with E-state index in [-0.39, 0.29) is 5.91 Å². The van der Waals surface area contributed by atoms with Crippen molar-refractivity contribution in [3.63, 3.8) is 0 Å². The summed E-state index contributed by atoms with van der Waals surface area (Å²) in [6, 6.07) is 18.5. The molecule has 2 aromatic carbocycles. The Hall–Kier alpha value is -2.67. The number of carbonyl (C=O) groups is 1. The Morgan fingerprint density at radius 2 is 1.93 bits per heavy atom. The van der Waals surface area contributed by atoms with Crippen molar-refractivity contribution in [3.05, 3.63) is 76.5 Å². The van der Waals surface area contributed by atoms with Crippen molar-refractivity contribution in [2.45, 2.75) is 32.2 Å². The fourth-order valence-corrected chi connectivity index (χ4v) is 3.90. The van der Waals surface area contributed by atoms with Crippen molar-refractivity contribution in [1.29, 1.82) is 0 Å². The van der Waals surface area contributed by atoms with E-state index in [2.05, 4.69) is 47.1 Å². The average molecular weight is 425 g/mol. The molecule has 0 radical (unpaired) electrons. The quantitative estimate of drug-likeness (QED) is 0.164. The lowest BCUT2D eigenvalue weighted by Gasteiger charge is -2.13. The van der Waals surface area contributed by atoms with Crippen LogP contribution in [0.5, 0.6) is 5.75 Å². The van der Waals surface area contributed by atoms with E-state index in [1.807, 2.05) is 24.3 Å². The Kier molecular flexibility index (Phi) is 8.90. The van der Waals surface area contributed by atoms with Crippen molar-refractivity contribution in [1.82, 2.24) is 10.8 Å². The number of carbonyl (C=O) groups excluding carboxylic acids is 1. The molecule has 158 valence electrons. The molecule has 30 heavy (non-hydrogen) atoms. The van der Waals surface area contributed by atoms with Gasteiger partial charge in [0.1, 0.15) is 12.4 Å². The van der Waals surface area contributed by atoms with Crippen LogP contribution in [0.3, 0.4) is 0 Å². The van der Waals surface area contributed by atoms with E-state index in [1.165, 1.54) is 15.8 Å². The fraction of sp³-hybridized carbons (Fsp3) is 0.292. The highest BCUT2D eigenvalue weighted by Gasteiger charge is 2.05. The molecule has 6 heteroatoms. The predicted octanol–water partition coefficient (Wildman–Crippen LogP) is 5.06. The van der Waals surface area contributed by atoms with Crippen LogP contribution in [0.4, 0.5) is 0 Å². The smallest absolute Gasteiger partial charge is 0.243 e. The van der Waals surface area contributed by atoms with Crippen LogP contribution in [0.25, 0.3) is 10.8 Å². The third-order valence-corrected chi connectivity index (χ3v) is 5.69. The number of allylic oxidation sites excluding steroid dienone is 1. The molecule has 0 aliphatic carbocycles. The zero-order valence-electron chi connectivity index (χ0n) is 17.0. The second-order valence-corrected chi connectivity index (χ2v) is 8.12. The lowest BCUT2D eigenvalue weighted by atomic mass is 10.1. The number of unbranched alkanes of at least 4 members (excludes halogenated alkanes) is 2. The molecule has 1 aromatic heterocycles. The Morgan fingerprint density at radius 1 is 1.07 bits per heavy atom. The topological polar surface area (TPSA) is 70.6 Å². The van der Waals surface area contributed by atoms with Crippen molar-refractivity contribution in [3.8, 4) is 5.75 Å². The first-order valence-corrected chi connectivity index (χ1v) is 11.1. The van der Waals surface area contributed by atoms with Gasteiger partial charge >= 0.3 is 0 Å². The van der Waals surface area contributed by atoms with Gasteiger partial charge in [0.05, 0.1) is 0 Å². The lowest BCUT2D eigenvalue weighted by Crippen LogP contribution is -2.19. The number of nitrogens with one attached hydrogen (secondary N) is 2. The summed E-state index contributed by atoms with van der Waals surface area (Å²) in [7, 11) is 0. The fourth-order valence-electron chi connectivity index (χ4n) is 3.23. The number of rotatable bonds is 12. The minimum atomic E-state index is -0.337. The van der Waals surface area contributed by atoms with Crippen LogP contribution in [0, 0.1) is 0 Å². The van der Waals surface area contributed by atoms with Gasteiger partial charge in [0.2, 0.25) is 5.91 Å². The SMILES string of the molecule is O=C(CCCCC=C(CNCc1cccs1)COc1cccc2ccccc12)NO. The average Bonchev–Trinajstić information content (AvgIpc) is 3.30. The van der Waals surface area contributed by atoms with E-state index in [4.69, 9.17) is 9.94 Å². The van der Waals surface area contributed by atoms with E-state index in [1.54, 1.807) is 16.8 Å². The lowest BCUT2D eigenvalue weighted by molar-refractivity contribution is -0.129. The van der Waals surface area contributed by atoms with Gasteiger partial charge in [-0.1, -0.05) is 48.5 Å². The number of hydrogen-bond donors (Lipinski definition) is 3. The van der Waals surface area contributed by atoms with Crippen molar-refractivity contribution < 1.29 is 14.7 Å². The third-order valence-electron chi connectivity index (χ3n) is 4.81. The van der Waals surface area contributed by atoms with Gasteiger partial charge in [-0.15, -0.1) is 11.3 Å². The summed E-state index contributed by atoms with van der Waals surface area (Å²) >= 11 is 1.74. The monoisotopic (exact) mass is 424 g/mol. The second kappa shape index (κ2) is 12.1. The van der Waals surface area contributed by atoms with Crippen molar-refractivity contribution >= 4 is 28.0 Å². The molecule has 0 unspecified atom stereocenters. The number of thiophene rings is 1. The second-order valence-electron chi connectivity index (χ2n) is 7.09. The minimum absolute atomic E-state index is 0.336. The van der Waals surface area contributed by atoms with E-state index >= 15 is 0 Å². The van der Waals surface area contributed by atoms with Gasteiger partial charge in [-0.2, -0.15) is 0 Å². The zero-order chi connectivity index (χ0) is 21.0. The summed E-state index contributed by atoms with van der Waals surface area (Å²) in [4.78, 5) is 12.4. The summed E-state index contributed by atoms with van der Waals surface area (Å²) in [6.45, 7) is 2.10. The normalized spacial score (nSPS) is 11.6. The number of fused-ring (bicyclic) bond motifs is 1. The molecule has 0 aliphatic heterocycles. The molecular weight excluding hydrogens is 396 g/mol. The number of hydrogen-bond acceptors (Lipinski definition) is 5. The van der Waals surface area contributed by atoms with E-state index in [9.17, 15) is 4.79 Å². The Bertz CT molecular complexity index is 949. The summed E-state index contributed by atoms with van der Waals surface area (Å²) in [5, 5.41) is 16.4. The molecule has 1 heterocycles. The van der Waals surface area contributed by atoms with E-state index in [0.717, 1.165) is 43.5 Å². The molecule has 0 spiro atoms. The van der Waals surface area contributed by atoms with Crippen LogP contribution in [-0.4, -0.2) is 24.3 Å². The van der Waals surface area contributed by atoms with Gasteiger partial charge in [0.25, 0.3) is 0 Å². The van der Waals surface area contributed by atoms with Gasteiger partial charge < -0.3 is 10.1 Å². The van der Waals surface area contributed by atoms with Crippen LogP contribution in [0.15, 0.2) is 71.6 Å². The molecule has 0 saturated heterocycles. The first kappa shape index (κ1) is 22.0. The third kappa shape index (κ3) is 6.99. The van der Waals surface area contributed by atoms with Crippen LogP contribution < -0.4 is 15.5 Å². The highest BCUT2D eigenvalue weighted by molar-refractivity contribution is 7.09. The molecule has 0 atom stereocenters. The molecule has 0 bridgehead atoms. The summed E-state index contributed by atoms with van der Waals surface area (Å²) in [5.74, 6) is 0.549. The first-order chi connectivity index (χ1) is 14.8.